The molecule has 2 aromatic rings. The zero-order valence-corrected chi connectivity index (χ0v) is 12.3. The highest BCUT2D eigenvalue weighted by molar-refractivity contribution is 5.27. The van der Waals surface area contributed by atoms with E-state index in [2.05, 4.69) is 10.6 Å². The number of aryl methyl sites for hydroxylation is 1. The van der Waals surface area contributed by atoms with Gasteiger partial charge >= 0.3 is 0 Å². The average molecular weight is 293 g/mol. The van der Waals surface area contributed by atoms with Crippen molar-refractivity contribution in [2.75, 3.05) is 20.8 Å². The van der Waals surface area contributed by atoms with Gasteiger partial charge in [-0.15, -0.1) is 0 Å². The normalized spacial score (nSPS) is 11.2. The highest BCUT2D eigenvalue weighted by Gasteiger charge is 2.20. The van der Waals surface area contributed by atoms with E-state index >= 15 is 0 Å². The van der Waals surface area contributed by atoms with Gasteiger partial charge in [-0.2, -0.15) is 0 Å². The summed E-state index contributed by atoms with van der Waals surface area (Å²) in [6.07, 6.45) is -0.368. The van der Waals surface area contributed by atoms with Crippen LogP contribution in [-0.4, -0.2) is 32.3 Å². The van der Waals surface area contributed by atoms with E-state index in [0.29, 0.717) is 18.8 Å². The third kappa shape index (κ3) is 3.78. The van der Waals surface area contributed by atoms with E-state index in [1.165, 1.54) is 4.68 Å². The van der Waals surface area contributed by atoms with Gasteiger partial charge in [0, 0.05) is 32.9 Å². The topological polar surface area (TPSA) is 83.5 Å². The van der Waals surface area contributed by atoms with E-state index in [1.807, 2.05) is 31.2 Å². The third-order valence-corrected chi connectivity index (χ3v) is 3.10. The van der Waals surface area contributed by atoms with E-state index in [-0.39, 0.29) is 6.29 Å². The second-order valence-electron chi connectivity index (χ2n) is 4.59. The molecule has 0 amide bonds. The largest absolute Gasteiger partial charge is 0.539 e. The van der Waals surface area contributed by atoms with Crippen LogP contribution in [0.5, 0.6) is 5.95 Å². The highest BCUT2D eigenvalue weighted by Crippen LogP contribution is 2.10. The number of methoxy groups -OCH3 is 2. The van der Waals surface area contributed by atoms with Crippen molar-refractivity contribution in [1.29, 1.82) is 0 Å². The highest BCUT2D eigenvalue weighted by atomic mass is 16.7. The number of hydrogen-bond acceptors (Lipinski definition) is 6. The molecule has 0 aliphatic carbocycles. The first-order valence-corrected chi connectivity index (χ1v) is 6.57. The maximum Gasteiger partial charge on any atom is 0.253 e. The molecule has 2 rings (SSSR count). The van der Waals surface area contributed by atoms with Gasteiger partial charge in [0.05, 0.1) is 11.8 Å². The SMILES string of the molecule is COC(CNCc1c([O-])on[n+]1-c1ccc(C)cc1)OC. The van der Waals surface area contributed by atoms with Gasteiger partial charge in [-0.25, -0.2) is 0 Å². The molecule has 0 bridgehead atoms. The molecule has 1 heterocycles. The number of nitrogens with zero attached hydrogens (tertiary/aromatic N) is 2. The van der Waals surface area contributed by atoms with E-state index < -0.39 is 5.95 Å². The summed E-state index contributed by atoms with van der Waals surface area (Å²) in [6.45, 7) is 2.75. The maximum absolute atomic E-state index is 11.7. The molecule has 0 saturated carbocycles. The van der Waals surface area contributed by atoms with Crippen molar-refractivity contribution in [3.05, 3.63) is 35.5 Å². The number of hydrogen-bond donors (Lipinski definition) is 1. The summed E-state index contributed by atoms with van der Waals surface area (Å²) in [5, 5.41) is 18.6. The standard InChI is InChI=1S/C14H19N3O4/c1-10-4-6-11(7-5-10)17-12(14(18)21-16-17)8-15-9-13(19-2)20-3/h4-7,13,15H,8-9H2,1-3H3. The van der Waals surface area contributed by atoms with Crippen LogP contribution in [0.15, 0.2) is 28.8 Å². The molecular weight excluding hydrogens is 274 g/mol. The van der Waals surface area contributed by atoms with Crippen LogP contribution in [0.3, 0.4) is 0 Å². The first-order valence-electron chi connectivity index (χ1n) is 6.57. The molecule has 0 aliphatic rings. The summed E-state index contributed by atoms with van der Waals surface area (Å²) in [6, 6.07) is 7.66. The molecule has 0 aliphatic heterocycles. The molecule has 0 atom stereocenters. The number of rotatable bonds is 7. The van der Waals surface area contributed by atoms with Gasteiger partial charge < -0.3 is 24.4 Å². The second kappa shape index (κ2) is 7.16. The lowest BCUT2D eigenvalue weighted by atomic mass is 10.2. The van der Waals surface area contributed by atoms with Crippen molar-refractivity contribution < 1.29 is 23.8 Å². The van der Waals surface area contributed by atoms with Gasteiger partial charge in [-0.3, -0.25) is 0 Å². The minimum absolute atomic E-state index is 0.305. The molecular formula is C14H19N3O4. The van der Waals surface area contributed by atoms with Gasteiger partial charge in [-0.1, -0.05) is 17.7 Å². The molecule has 21 heavy (non-hydrogen) atoms. The lowest BCUT2D eigenvalue weighted by Crippen LogP contribution is -2.40. The molecule has 7 nitrogen and oxygen atoms in total. The molecule has 1 aromatic heterocycles. The molecule has 0 radical (unpaired) electrons. The fourth-order valence-electron chi connectivity index (χ4n) is 1.87. The predicted octanol–water partition coefficient (Wildman–Crippen LogP) is 0.0418. The third-order valence-electron chi connectivity index (χ3n) is 3.10. The van der Waals surface area contributed by atoms with Crippen LogP contribution in [0.1, 0.15) is 11.3 Å². The van der Waals surface area contributed by atoms with Gasteiger partial charge in [0.25, 0.3) is 5.69 Å². The van der Waals surface area contributed by atoms with Crippen LogP contribution in [0.2, 0.25) is 0 Å². The first-order chi connectivity index (χ1) is 10.2. The molecule has 114 valence electrons. The second-order valence-corrected chi connectivity index (χ2v) is 4.59. The van der Waals surface area contributed by atoms with Crippen molar-refractivity contribution in [2.45, 2.75) is 19.8 Å². The first kappa shape index (κ1) is 15.4. The molecule has 0 unspecified atom stereocenters. The van der Waals surface area contributed by atoms with Gasteiger partial charge in [-0.05, 0) is 11.6 Å². The number of benzene rings is 1. The number of ether oxygens (including phenoxy) is 2. The van der Waals surface area contributed by atoms with Crippen LogP contribution in [-0.2, 0) is 16.0 Å². The Morgan fingerprint density at radius 2 is 1.95 bits per heavy atom. The zero-order chi connectivity index (χ0) is 15.2. The Morgan fingerprint density at radius 3 is 2.57 bits per heavy atom. The molecule has 7 heteroatoms. The number of aromatic nitrogens is 2. The molecule has 1 N–H and O–H groups in total. The zero-order valence-electron chi connectivity index (χ0n) is 12.3. The Morgan fingerprint density at radius 1 is 1.29 bits per heavy atom. The van der Waals surface area contributed by atoms with Crippen molar-refractivity contribution in [3.8, 4) is 11.6 Å². The Balaban J connectivity index is 2.09. The minimum atomic E-state index is -0.463. The van der Waals surface area contributed by atoms with E-state index in [4.69, 9.17) is 14.0 Å². The van der Waals surface area contributed by atoms with Gasteiger partial charge in [0.2, 0.25) is 5.69 Å². The Hall–Kier alpha value is -1.96. The van der Waals surface area contributed by atoms with Crippen molar-refractivity contribution in [3.63, 3.8) is 0 Å². The molecule has 0 spiro atoms. The summed E-state index contributed by atoms with van der Waals surface area (Å²) in [5.74, 6) is -0.463. The van der Waals surface area contributed by atoms with Crippen LogP contribution in [0.4, 0.5) is 0 Å². The Kier molecular flexibility index (Phi) is 5.26. The fourth-order valence-corrected chi connectivity index (χ4v) is 1.87. The average Bonchev–Trinajstić information content (AvgIpc) is 2.86. The Labute approximate surface area is 123 Å². The van der Waals surface area contributed by atoms with E-state index in [0.717, 1.165) is 11.3 Å². The van der Waals surface area contributed by atoms with Crippen LogP contribution >= 0.6 is 0 Å². The monoisotopic (exact) mass is 293 g/mol. The van der Waals surface area contributed by atoms with Gasteiger partial charge in [0.1, 0.15) is 0 Å². The van der Waals surface area contributed by atoms with Crippen molar-refractivity contribution in [2.24, 2.45) is 0 Å². The van der Waals surface area contributed by atoms with Gasteiger partial charge in [0.15, 0.2) is 12.2 Å². The summed E-state index contributed by atoms with van der Waals surface area (Å²) < 4.78 is 16.4. The molecule has 0 fully saturated rings. The lowest BCUT2D eigenvalue weighted by molar-refractivity contribution is -0.677. The summed E-state index contributed by atoms with van der Waals surface area (Å²) in [5.41, 5.74) is 2.33. The van der Waals surface area contributed by atoms with E-state index in [9.17, 15) is 5.11 Å². The van der Waals surface area contributed by atoms with Crippen molar-refractivity contribution in [1.82, 2.24) is 10.6 Å². The minimum Gasteiger partial charge on any atom is -0.539 e. The van der Waals surface area contributed by atoms with Crippen LogP contribution in [0, 0.1) is 6.92 Å². The Bertz CT molecular complexity index is 564. The fraction of sp³-hybridized carbons (Fsp3) is 0.429. The summed E-state index contributed by atoms with van der Waals surface area (Å²) in [7, 11) is 3.11. The molecule has 0 saturated heterocycles. The molecule has 1 aromatic carbocycles. The smallest absolute Gasteiger partial charge is 0.253 e. The lowest BCUT2D eigenvalue weighted by Gasteiger charge is -2.13. The van der Waals surface area contributed by atoms with Crippen LogP contribution in [0.25, 0.3) is 5.69 Å². The maximum atomic E-state index is 11.7. The van der Waals surface area contributed by atoms with E-state index in [1.54, 1.807) is 14.2 Å². The quantitative estimate of drug-likeness (QED) is 0.573. The summed E-state index contributed by atoms with van der Waals surface area (Å²) >= 11 is 0. The number of nitrogens with one attached hydrogen (secondary N) is 1. The van der Waals surface area contributed by atoms with Crippen molar-refractivity contribution >= 4 is 0 Å². The van der Waals surface area contributed by atoms with Crippen LogP contribution < -0.4 is 15.1 Å². The predicted molar refractivity (Wildman–Crippen MR) is 71.7 cm³/mol. The summed E-state index contributed by atoms with van der Waals surface area (Å²) in [4.78, 5) is 0.